The van der Waals surface area contributed by atoms with Crippen molar-refractivity contribution >= 4 is 27.7 Å². The van der Waals surface area contributed by atoms with E-state index in [-0.39, 0.29) is 36.0 Å². The van der Waals surface area contributed by atoms with E-state index in [4.69, 9.17) is 15.9 Å². The number of hydrogen-bond acceptors (Lipinski definition) is 8. The smallest absolute Gasteiger partial charge is 0.329 e. The van der Waals surface area contributed by atoms with Crippen molar-refractivity contribution in [1.29, 1.82) is 5.41 Å². The summed E-state index contributed by atoms with van der Waals surface area (Å²) in [5, 5.41) is 7.71. The number of hydrogen-bond donors (Lipinski definition) is 3. The third kappa shape index (κ3) is 6.75. The summed E-state index contributed by atoms with van der Waals surface area (Å²) in [6.07, 6.45) is 4.39. The van der Waals surface area contributed by atoms with E-state index in [0.717, 1.165) is 29.7 Å². The van der Waals surface area contributed by atoms with Crippen molar-refractivity contribution in [2.45, 2.75) is 56.6 Å². The van der Waals surface area contributed by atoms with Crippen LogP contribution >= 0.6 is 0 Å². The van der Waals surface area contributed by atoms with Crippen LogP contribution in [-0.2, 0) is 43.7 Å². The Morgan fingerprint density at radius 2 is 2.02 bits per heavy atom. The van der Waals surface area contributed by atoms with Crippen LogP contribution in [0.5, 0.6) is 0 Å². The Labute approximate surface area is 235 Å². The van der Waals surface area contributed by atoms with E-state index in [9.17, 15) is 18.0 Å². The van der Waals surface area contributed by atoms with Gasteiger partial charge in [-0.3, -0.25) is 15.2 Å². The standard InChI is InChI=1S/C28H36N6O5S/c1-4-39-28(36)25-13-18(2)8-12-34(25)27(35)24(15-19-7-10-31-23(14-19)26(29)30)32-40(37,38)22-6-5-20-9-11-33(3)17-21(20)16-22/h5-8,10,14,16,24-25,32H,4,9,11-13,15,17H2,1-3H3,(H3,29,30)/t24-,25+/m0/s1. The molecule has 0 fully saturated rings. The number of likely N-dealkylation sites (N-methyl/N-ethyl adjacent to an activating group) is 1. The van der Waals surface area contributed by atoms with Crippen molar-refractivity contribution < 1.29 is 22.7 Å². The van der Waals surface area contributed by atoms with Crippen molar-refractivity contribution in [2.24, 2.45) is 5.73 Å². The van der Waals surface area contributed by atoms with Crippen LogP contribution in [0.25, 0.3) is 0 Å². The normalized spacial score (nSPS) is 18.4. The number of nitrogens with two attached hydrogens (primary N) is 1. The van der Waals surface area contributed by atoms with E-state index < -0.39 is 34.0 Å². The molecule has 1 amide bonds. The molecule has 1 aromatic heterocycles. The number of amidine groups is 1. The number of esters is 1. The molecule has 0 radical (unpaired) electrons. The van der Waals surface area contributed by atoms with Crippen LogP contribution in [0.1, 0.15) is 42.7 Å². The molecule has 11 nitrogen and oxygen atoms in total. The molecule has 2 aliphatic heterocycles. The van der Waals surface area contributed by atoms with E-state index in [1.54, 1.807) is 31.2 Å². The number of carbonyl (C=O) groups is 2. The van der Waals surface area contributed by atoms with Crippen molar-refractivity contribution in [3.63, 3.8) is 0 Å². The number of carbonyl (C=O) groups excluding carboxylic acids is 2. The SMILES string of the molecule is CCOC(=O)[C@H]1CC(C)=CCN1C(=O)[C@H](Cc1ccnc(C(=N)N)c1)NS(=O)(=O)c1ccc2c(c1)CN(C)CC2. The Hall–Kier alpha value is -3.61. The minimum absolute atomic E-state index is 0.0384. The molecule has 40 heavy (non-hydrogen) atoms. The van der Waals surface area contributed by atoms with Crippen LogP contribution in [-0.4, -0.2) is 79.7 Å². The van der Waals surface area contributed by atoms with Gasteiger partial charge in [-0.2, -0.15) is 4.72 Å². The highest BCUT2D eigenvalue weighted by Crippen LogP contribution is 2.24. The second-order valence-electron chi connectivity index (χ2n) is 10.3. The molecule has 2 aliphatic rings. The lowest BCUT2D eigenvalue weighted by Gasteiger charge is -2.35. The number of ether oxygens (including phenoxy) is 1. The zero-order valence-electron chi connectivity index (χ0n) is 23.0. The van der Waals surface area contributed by atoms with Gasteiger partial charge in [0.05, 0.1) is 11.5 Å². The Balaban J connectivity index is 1.69. The topological polar surface area (TPSA) is 159 Å². The lowest BCUT2D eigenvalue weighted by Crippen LogP contribution is -2.56. The summed E-state index contributed by atoms with van der Waals surface area (Å²) in [4.78, 5) is 34.4. The number of pyridine rings is 1. The van der Waals surface area contributed by atoms with Gasteiger partial charge < -0.3 is 20.3 Å². The first-order valence-electron chi connectivity index (χ1n) is 13.2. The number of rotatable bonds is 9. The van der Waals surface area contributed by atoms with Gasteiger partial charge in [0.15, 0.2) is 0 Å². The highest BCUT2D eigenvalue weighted by molar-refractivity contribution is 7.89. The fourth-order valence-corrected chi connectivity index (χ4v) is 6.27. The summed E-state index contributed by atoms with van der Waals surface area (Å²) < 4.78 is 35.2. The van der Waals surface area contributed by atoms with Crippen molar-refractivity contribution in [2.75, 3.05) is 26.7 Å². The lowest BCUT2D eigenvalue weighted by molar-refractivity contribution is -0.155. The Morgan fingerprint density at radius 3 is 2.75 bits per heavy atom. The molecule has 2 atom stereocenters. The zero-order valence-corrected chi connectivity index (χ0v) is 23.8. The van der Waals surface area contributed by atoms with Gasteiger partial charge in [-0.15, -0.1) is 0 Å². The Bertz CT molecular complexity index is 1440. The van der Waals surface area contributed by atoms with Gasteiger partial charge in [0.2, 0.25) is 15.9 Å². The number of nitrogens with zero attached hydrogens (tertiary/aromatic N) is 3. The number of sulfonamides is 1. The molecule has 4 N–H and O–H groups in total. The molecule has 2 aromatic rings. The van der Waals surface area contributed by atoms with Gasteiger partial charge in [-0.05, 0) is 81.1 Å². The van der Waals surface area contributed by atoms with Gasteiger partial charge in [0, 0.05) is 25.8 Å². The van der Waals surface area contributed by atoms with E-state index in [0.29, 0.717) is 18.5 Å². The molecule has 0 unspecified atom stereocenters. The monoisotopic (exact) mass is 568 g/mol. The van der Waals surface area contributed by atoms with Crippen LogP contribution in [0.15, 0.2) is 53.1 Å². The fourth-order valence-electron chi connectivity index (χ4n) is 5.03. The summed E-state index contributed by atoms with van der Waals surface area (Å²) >= 11 is 0. The van der Waals surface area contributed by atoms with Crippen LogP contribution < -0.4 is 10.5 Å². The molecule has 1 aromatic carbocycles. The maximum Gasteiger partial charge on any atom is 0.329 e. The highest BCUT2D eigenvalue weighted by Gasteiger charge is 2.38. The molecular formula is C28H36N6O5S. The van der Waals surface area contributed by atoms with Crippen LogP contribution in [0.3, 0.4) is 0 Å². The van der Waals surface area contributed by atoms with Gasteiger partial charge >= 0.3 is 5.97 Å². The largest absolute Gasteiger partial charge is 0.464 e. The van der Waals surface area contributed by atoms with Gasteiger partial charge in [0.25, 0.3) is 0 Å². The van der Waals surface area contributed by atoms with E-state index in [1.165, 1.54) is 11.1 Å². The highest BCUT2D eigenvalue weighted by atomic mass is 32.2. The predicted molar refractivity (Wildman–Crippen MR) is 150 cm³/mol. The number of nitrogens with one attached hydrogen (secondary N) is 2. The lowest BCUT2D eigenvalue weighted by atomic mass is 9.98. The first kappa shape index (κ1) is 29.4. The second kappa shape index (κ2) is 12.3. The summed E-state index contributed by atoms with van der Waals surface area (Å²) in [7, 11) is -2.15. The third-order valence-electron chi connectivity index (χ3n) is 7.20. The van der Waals surface area contributed by atoms with Gasteiger partial charge in [-0.25, -0.2) is 13.2 Å². The van der Waals surface area contributed by atoms with E-state index in [1.807, 2.05) is 26.1 Å². The molecule has 3 heterocycles. The maximum atomic E-state index is 14.0. The molecule has 0 saturated carbocycles. The summed E-state index contributed by atoms with van der Waals surface area (Å²) in [5.41, 5.74) is 9.35. The first-order chi connectivity index (χ1) is 19.0. The fraction of sp³-hybridized carbons (Fsp3) is 0.429. The molecule has 0 spiro atoms. The van der Waals surface area contributed by atoms with Crippen LogP contribution in [0.2, 0.25) is 0 Å². The molecule has 12 heteroatoms. The average molecular weight is 569 g/mol. The van der Waals surface area contributed by atoms with Gasteiger partial charge in [-0.1, -0.05) is 17.7 Å². The predicted octanol–water partition coefficient (Wildman–Crippen LogP) is 1.35. The van der Waals surface area contributed by atoms with Crippen LogP contribution in [0.4, 0.5) is 0 Å². The number of nitrogen functional groups attached to an aromatic ring is 1. The van der Waals surface area contributed by atoms with Crippen molar-refractivity contribution in [1.82, 2.24) is 19.5 Å². The number of aromatic nitrogens is 1. The van der Waals surface area contributed by atoms with Gasteiger partial charge in [0.1, 0.15) is 23.6 Å². The Kier molecular flexibility index (Phi) is 9.02. The summed E-state index contributed by atoms with van der Waals surface area (Å²) in [6.45, 7) is 5.40. The number of fused-ring (bicyclic) bond motifs is 1. The summed E-state index contributed by atoms with van der Waals surface area (Å²) in [5.74, 6) is -1.33. The maximum absolute atomic E-state index is 14.0. The third-order valence-corrected chi connectivity index (χ3v) is 8.67. The Morgan fingerprint density at radius 1 is 1.25 bits per heavy atom. The second-order valence-corrected chi connectivity index (χ2v) is 12.0. The zero-order chi connectivity index (χ0) is 29.0. The minimum Gasteiger partial charge on any atom is -0.464 e. The summed E-state index contributed by atoms with van der Waals surface area (Å²) in [6, 6.07) is 6.12. The number of amides is 1. The molecule has 0 bridgehead atoms. The van der Waals surface area contributed by atoms with Crippen molar-refractivity contribution in [3.8, 4) is 0 Å². The molecule has 4 rings (SSSR count). The average Bonchev–Trinajstić information content (AvgIpc) is 2.92. The van der Waals surface area contributed by atoms with E-state index >= 15 is 0 Å². The molecule has 0 saturated heterocycles. The van der Waals surface area contributed by atoms with Crippen molar-refractivity contribution in [3.05, 3.63) is 70.6 Å². The quantitative estimate of drug-likeness (QED) is 0.177. The number of benzene rings is 1. The molecular weight excluding hydrogens is 532 g/mol. The van der Waals surface area contributed by atoms with Crippen LogP contribution in [0, 0.1) is 5.41 Å². The van der Waals surface area contributed by atoms with E-state index in [2.05, 4.69) is 14.6 Å². The first-order valence-corrected chi connectivity index (χ1v) is 14.7. The molecule has 0 aliphatic carbocycles. The minimum atomic E-state index is -4.13. The molecule has 214 valence electrons.